The summed E-state index contributed by atoms with van der Waals surface area (Å²) in [5, 5.41) is 7.58. The van der Waals surface area contributed by atoms with Crippen LogP contribution >= 0.6 is 0 Å². The summed E-state index contributed by atoms with van der Waals surface area (Å²) >= 11 is 0. The van der Waals surface area contributed by atoms with Gasteiger partial charge in [-0.3, -0.25) is 4.79 Å². The Labute approximate surface area is 154 Å². The van der Waals surface area contributed by atoms with Crippen molar-refractivity contribution < 1.29 is 4.79 Å². The van der Waals surface area contributed by atoms with Crippen LogP contribution < -0.4 is 5.32 Å². The lowest BCUT2D eigenvalue weighted by molar-refractivity contribution is 0.0952. The van der Waals surface area contributed by atoms with E-state index in [1.54, 1.807) is 0 Å². The molecule has 3 rings (SSSR count). The van der Waals surface area contributed by atoms with Crippen LogP contribution in [0.4, 0.5) is 0 Å². The monoisotopic (exact) mass is 347 g/mol. The fourth-order valence-corrected chi connectivity index (χ4v) is 3.18. The molecule has 3 aromatic rings. The SMILES string of the molecule is Cc1nn(-c2ccccc2)c(C)c1C(=O)NCCCCc1ccccc1. The molecule has 0 saturated heterocycles. The predicted molar refractivity (Wildman–Crippen MR) is 105 cm³/mol. The van der Waals surface area contributed by atoms with E-state index in [-0.39, 0.29) is 5.91 Å². The highest BCUT2D eigenvalue weighted by molar-refractivity contribution is 5.96. The van der Waals surface area contributed by atoms with Gasteiger partial charge in [0.1, 0.15) is 0 Å². The number of aromatic nitrogens is 2. The molecule has 134 valence electrons. The number of hydrogen-bond donors (Lipinski definition) is 1. The first kappa shape index (κ1) is 17.9. The molecule has 0 fully saturated rings. The first-order chi connectivity index (χ1) is 12.7. The molecule has 0 aliphatic carbocycles. The van der Waals surface area contributed by atoms with Crippen molar-refractivity contribution in [3.63, 3.8) is 0 Å². The summed E-state index contributed by atoms with van der Waals surface area (Å²) in [6.45, 7) is 4.51. The summed E-state index contributed by atoms with van der Waals surface area (Å²) in [5.74, 6) is -0.0399. The van der Waals surface area contributed by atoms with Crippen LogP contribution in [-0.4, -0.2) is 22.2 Å². The molecule has 0 radical (unpaired) electrons. The summed E-state index contributed by atoms with van der Waals surface area (Å²) in [6.07, 6.45) is 3.07. The average molecular weight is 347 g/mol. The minimum atomic E-state index is -0.0399. The summed E-state index contributed by atoms with van der Waals surface area (Å²) in [7, 11) is 0. The lowest BCUT2D eigenvalue weighted by atomic mass is 10.1. The quantitative estimate of drug-likeness (QED) is 0.650. The van der Waals surface area contributed by atoms with Gasteiger partial charge in [-0.1, -0.05) is 48.5 Å². The van der Waals surface area contributed by atoms with Crippen LogP contribution in [0, 0.1) is 13.8 Å². The van der Waals surface area contributed by atoms with Crippen molar-refractivity contribution in [2.24, 2.45) is 0 Å². The number of nitrogens with zero attached hydrogens (tertiary/aromatic N) is 2. The molecule has 26 heavy (non-hydrogen) atoms. The van der Waals surface area contributed by atoms with Gasteiger partial charge in [0.25, 0.3) is 5.91 Å². The number of carbonyl (C=O) groups is 1. The molecule has 0 atom stereocenters. The van der Waals surface area contributed by atoms with Gasteiger partial charge in [-0.2, -0.15) is 5.10 Å². The Morgan fingerprint density at radius 2 is 1.62 bits per heavy atom. The third-order valence-electron chi connectivity index (χ3n) is 4.54. The van der Waals surface area contributed by atoms with Gasteiger partial charge >= 0.3 is 0 Å². The van der Waals surface area contributed by atoms with Gasteiger partial charge in [0.2, 0.25) is 0 Å². The molecule has 0 unspecified atom stereocenters. The van der Waals surface area contributed by atoms with Gasteiger partial charge in [0.05, 0.1) is 22.6 Å². The van der Waals surface area contributed by atoms with Gasteiger partial charge in [-0.05, 0) is 50.8 Å². The van der Waals surface area contributed by atoms with Crippen LogP contribution in [-0.2, 0) is 6.42 Å². The minimum absolute atomic E-state index is 0.0399. The van der Waals surface area contributed by atoms with Crippen LogP contribution in [0.3, 0.4) is 0 Å². The third-order valence-corrected chi connectivity index (χ3v) is 4.54. The van der Waals surface area contributed by atoms with Gasteiger partial charge < -0.3 is 5.32 Å². The first-order valence-corrected chi connectivity index (χ1v) is 9.10. The molecule has 0 spiro atoms. The Morgan fingerprint density at radius 3 is 2.31 bits per heavy atom. The number of benzene rings is 2. The average Bonchev–Trinajstić information content (AvgIpc) is 2.97. The molecule has 0 saturated carbocycles. The Kier molecular flexibility index (Phi) is 5.84. The predicted octanol–water partition coefficient (Wildman–Crippen LogP) is 4.24. The summed E-state index contributed by atoms with van der Waals surface area (Å²) in [5.41, 5.74) is 4.62. The van der Waals surface area contributed by atoms with Gasteiger partial charge in [0, 0.05) is 6.54 Å². The molecular weight excluding hydrogens is 322 g/mol. The van der Waals surface area contributed by atoms with Crippen molar-refractivity contribution in [1.82, 2.24) is 15.1 Å². The highest BCUT2D eigenvalue weighted by Gasteiger charge is 2.18. The third kappa shape index (κ3) is 4.20. The second-order valence-corrected chi connectivity index (χ2v) is 6.49. The molecule has 0 aliphatic rings. The number of carbonyl (C=O) groups excluding carboxylic acids is 1. The molecule has 4 nitrogen and oxygen atoms in total. The zero-order chi connectivity index (χ0) is 18.4. The van der Waals surface area contributed by atoms with E-state index in [0.717, 1.165) is 36.3 Å². The molecule has 0 aliphatic heterocycles. The normalized spacial score (nSPS) is 10.7. The molecule has 2 aromatic carbocycles. The van der Waals surface area contributed by atoms with Crippen LogP contribution in [0.2, 0.25) is 0 Å². The zero-order valence-electron chi connectivity index (χ0n) is 15.4. The molecular formula is C22H25N3O. The second-order valence-electron chi connectivity index (χ2n) is 6.49. The van der Waals surface area contributed by atoms with Crippen LogP contribution in [0.5, 0.6) is 0 Å². The Balaban J connectivity index is 1.56. The number of rotatable bonds is 7. The van der Waals surface area contributed by atoms with Crippen molar-refractivity contribution >= 4 is 5.91 Å². The molecule has 4 heteroatoms. The molecule has 1 aromatic heterocycles. The van der Waals surface area contributed by atoms with Crippen LogP contribution in [0.1, 0.15) is 40.2 Å². The van der Waals surface area contributed by atoms with E-state index >= 15 is 0 Å². The molecule has 1 N–H and O–H groups in total. The first-order valence-electron chi connectivity index (χ1n) is 9.10. The van der Waals surface area contributed by atoms with Crippen LogP contribution in [0.15, 0.2) is 60.7 Å². The molecule has 1 heterocycles. The Morgan fingerprint density at radius 1 is 0.962 bits per heavy atom. The van der Waals surface area contributed by atoms with E-state index in [2.05, 4.69) is 34.7 Å². The van der Waals surface area contributed by atoms with E-state index in [4.69, 9.17) is 0 Å². The number of nitrogens with one attached hydrogen (secondary N) is 1. The van der Waals surface area contributed by atoms with E-state index < -0.39 is 0 Å². The Hall–Kier alpha value is -2.88. The number of hydrogen-bond acceptors (Lipinski definition) is 2. The van der Waals surface area contributed by atoms with E-state index in [1.807, 2.05) is 54.9 Å². The second kappa shape index (κ2) is 8.48. The van der Waals surface area contributed by atoms with Crippen molar-refractivity contribution in [2.75, 3.05) is 6.54 Å². The zero-order valence-corrected chi connectivity index (χ0v) is 15.4. The standard InChI is InChI=1S/C22H25N3O/c1-17-21(18(2)25(24-17)20-14-7-4-8-15-20)22(26)23-16-10-9-13-19-11-5-3-6-12-19/h3-8,11-12,14-15H,9-10,13,16H2,1-2H3,(H,23,26). The van der Waals surface area contributed by atoms with Crippen molar-refractivity contribution in [3.8, 4) is 5.69 Å². The van der Waals surface area contributed by atoms with E-state index in [1.165, 1.54) is 5.56 Å². The van der Waals surface area contributed by atoms with Crippen LogP contribution in [0.25, 0.3) is 5.69 Å². The number of aryl methyl sites for hydroxylation is 2. The summed E-state index contributed by atoms with van der Waals surface area (Å²) < 4.78 is 1.83. The van der Waals surface area contributed by atoms with E-state index in [0.29, 0.717) is 12.1 Å². The van der Waals surface area contributed by atoms with Crippen molar-refractivity contribution in [2.45, 2.75) is 33.1 Å². The largest absolute Gasteiger partial charge is 0.352 e. The van der Waals surface area contributed by atoms with Gasteiger partial charge in [-0.25, -0.2) is 4.68 Å². The number of amides is 1. The van der Waals surface area contributed by atoms with Crippen molar-refractivity contribution in [1.29, 1.82) is 0 Å². The van der Waals surface area contributed by atoms with Gasteiger partial charge in [0.15, 0.2) is 0 Å². The topological polar surface area (TPSA) is 46.9 Å². The molecule has 1 amide bonds. The lowest BCUT2D eigenvalue weighted by Gasteiger charge is -2.07. The summed E-state index contributed by atoms with van der Waals surface area (Å²) in [6, 6.07) is 20.3. The minimum Gasteiger partial charge on any atom is -0.352 e. The Bertz CT molecular complexity index is 854. The highest BCUT2D eigenvalue weighted by atomic mass is 16.1. The maximum absolute atomic E-state index is 12.6. The number of unbranched alkanes of at least 4 members (excludes halogenated alkanes) is 1. The number of para-hydroxylation sites is 1. The summed E-state index contributed by atoms with van der Waals surface area (Å²) in [4.78, 5) is 12.6. The van der Waals surface area contributed by atoms with E-state index in [9.17, 15) is 4.79 Å². The van der Waals surface area contributed by atoms with Gasteiger partial charge in [-0.15, -0.1) is 0 Å². The maximum atomic E-state index is 12.6. The fourth-order valence-electron chi connectivity index (χ4n) is 3.18. The van der Waals surface area contributed by atoms with Crippen molar-refractivity contribution in [3.05, 3.63) is 83.2 Å². The smallest absolute Gasteiger partial charge is 0.255 e. The highest BCUT2D eigenvalue weighted by Crippen LogP contribution is 2.17. The molecule has 0 bridgehead atoms. The lowest BCUT2D eigenvalue weighted by Crippen LogP contribution is -2.25. The maximum Gasteiger partial charge on any atom is 0.255 e. The fraction of sp³-hybridized carbons (Fsp3) is 0.273.